The van der Waals surface area contributed by atoms with Gasteiger partial charge in [0.1, 0.15) is 82.0 Å². The van der Waals surface area contributed by atoms with Crippen LogP contribution in [0.15, 0.2) is 69.4 Å². The number of aryl methyl sites for hydroxylation is 1. The molecule has 8 N–H and O–H groups in total. The van der Waals surface area contributed by atoms with Gasteiger partial charge in [-0.1, -0.05) is 37.3 Å². The third-order valence-corrected chi connectivity index (χ3v) is 18.8. The Morgan fingerprint density at radius 3 is 2.22 bits per heavy atom. The third kappa shape index (κ3) is 13.2. The van der Waals surface area contributed by atoms with Gasteiger partial charge in [0.2, 0.25) is 5.91 Å². The number of fused-ring (bicyclic) bond motifs is 16. The number of thiazole rings is 6. The fraction of sp³-hybridized carbons (Fsp3) is 0.352. The first kappa shape index (κ1) is 58.1. The zero-order valence-corrected chi connectivity index (χ0v) is 49.6. The number of aromatic nitrogens is 7. The highest BCUT2D eigenvalue weighted by molar-refractivity contribution is 7.15. The molecule has 10 bridgehead atoms. The van der Waals surface area contributed by atoms with E-state index < -0.39 is 71.5 Å². The number of pyridine rings is 1. The standard InChI is InChI=1S/C54H55N13O9S6/c1-25-36(68)19-67-42(25)52-63-35(24-81-52)49-60-32(21-79-49)40-29(14-15-30(58-40)48-57-28(20-77-48)18-56-16-10-9-13-38(70)76-54(3,4)5)47-61-33(22-78-47)44(72)59-31(17-37(55)69)50-65-39(26(2)82-50)46(74)64-41(43(71)27-11-7-6-8-12-27)51-62-34(23-80-51)45(73)66-53(67)75/h6-8,11-12,14-15,20-25,31,36,41-43,56,68,71H,9-10,13,16-19H2,1-5H3,(H2,55,69)(H,59,72)(H,64,74)(H,66,73,75)/t25-,31-,36-,41-,42-,43+/m0/s1. The third-order valence-electron chi connectivity index (χ3n) is 13.2. The maximum atomic E-state index is 14.3. The molecule has 22 nitrogen and oxygen atoms in total. The number of hydrogen-bond acceptors (Lipinski definition) is 23. The number of nitrogens with two attached hydrogens (primary N) is 1. The summed E-state index contributed by atoms with van der Waals surface area (Å²) in [6, 6.07) is 8.36. The lowest BCUT2D eigenvalue weighted by Crippen LogP contribution is -2.43. The van der Waals surface area contributed by atoms with E-state index in [1.165, 1.54) is 55.6 Å². The molecule has 6 atom stereocenters. The van der Waals surface area contributed by atoms with Crippen molar-refractivity contribution in [2.45, 2.75) is 103 Å². The fourth-order valence-electron chi connectivity index (χ4n) is 9.15. The van der Waals surface area contributed by atoms with Crippen LogP contribution in [-0.2, 0) is 20.9 Å². The Morgan fingerprint density at radius 2 is 1.44 bits per heavy atom. The van der Waals surface area contributed by atoms with Gasteiger partial charge in [-0.3, -0.25) is 29.3 Å². The smallest absolute Gasteiger partial charge is 0.325 e. The van der Waals surface area contributed by atoms with Crippen LogP contribution in [0.4, 0.5) is 4.79 Å². The van der Waals surface area contributed by atoms with E-state index in [9.17, 15) is 39.0 Å². The van der Waals surface area contributed by atoms with Gasteiger partial charge in [-0.25, -0.2) is 39.7 Å². The summed E-state index contributed by atoms with van der Waals surface area (Å²) in [5.41, 5.74) is 8.75. The van der Waals surface area contributed by atoms with Crippen LogP contribution >= 0.6 is 68.0 Å². The molecule has 6 amide bonds. The van der Waals surface area contributed by atoms with E-state index in [0.29, 0.717) is 84.7 Å². The number of benzene rings is 1. The number of rotatable bonds is 12. The van der Waals surface area contributed by atoms with E-state index in [2.05, 4.69) is 31.2 Å². The van der Waals surface area contributed by atoms with Crippen LogP contribution in [0, 0.1) is 12.8 Å². The Balaban J connectivity index is 0.988. The minimum Gasteiger partial charge on any atom is -0.460 e. The normalized spacial score (nSPS) is 19.1. The number of nitrogens with zero attached hydrogens (tertiary/aromatic N) is 8. The second-order valence-electron chi connectivity index (χ2n) is 20.4. The highest BCUT2D eigenvalue weighted by Crippen LogP contribution is 2.42. The van der Waals surface area contributed by atoms with E-state index >= 15 is 0 Å². The summed E-state index contributed by atoms with van der Waals surface area (Å²) in [7, 11) is 0. The van der Waals surface area contributed by atoms with Crippen molar-refractivity contribution >= 4 is 104 Å². The van der Waals surface area contributed by atoms with Crippen LogP contribution in [0.5, 0.6) is 0 Å². The lowest BCUT2D eigenvalue weighted by molar-refractivity contribution is -0.154. The monoisotopic (exact) mass is 1220 g/mol. The Kier molecular flexibility index (Phi) is 17.5. The topological polar surface area (TPSA) is 320 Å². The number of primary amides is 1. The summed E-state index contributed by atoms with van der Waals surface area (Å²) >= 11 is 7.24. The number of esters is 1. The number of carbonyl (C=O) groups is 6. The number of ether oxygens (including phenoxy) is 1. The molecule has 0 saturated carbocycles. The Hall–Kier alpha value is -7.15. The van der Waals surface area contributed by atoms with Gasteiger partial charge in [-0.2, -0.15) is 0 Å². The Labute approximate surface area is 493 Å². The number of urea groups is 1. The van der Waals surface area contributed by atoms with E-state index in [4.69, 9.17) is 35.4 Å². The molecule has 82 heavy (non-hydrogen) atoms. The van der Waals surface area contributed by atoms with E-state index in [1.54, 1.807) is 49.6 Å². The molecule has 1 saturated heterocycles. The molecule has 8 aromatic rings. The quantitative estimate of drug-likeness (QED) is 0.0448. The number of aliphatic hydroxyl groups is 2. The molecule has 0 unspecified atom stereocenters. The average Bonchev–Trinajstić information content (AvgIpc) is 4.20. The number of carbonyl (C=O) groups excluding carboxylic acids is 6. The first-order valence-corrected chi connectivity index (χ1v) is 31.1. The van der Waals surface area contributed by atoms with Crippen molar-refractivity contribution in [2.24, 2.45) is 11.7 Å². The highest BCUT2D eigenvalue weighted by atomic mass is 32.1. The summed E-state index contributed by atoms with van der Waals surface area (Å²) in [5, 5.41) is 45.5. The van der Waals surface area contributed by atoms with Crippen molar-refractivity contribution in [3.63, 3.8) is 0 Å². The summed E-state index contributed by atoms with van der Waals surface area (Å²) in [6.45, 7) is 10.1. The van der Waals surface area contributed by atoms with Crippen molar-refractivity contribution in [3.8, 4) is 43.4 Å². The van der Waals surface area contributed by atoms with Gasteiger partial charge in [0.25, 0.3) is 17.7 Å². The van der Waals surface area contributed by atoms with E-state index in [-0.39, 0.29) is 46.0 Å². The Morgan fingerprint density at radius 1 is 0.756 bits per heavy atom. The van der Waals surface area contributed by atoms with Gasteiger partial charge in [-0.15, -0.1) is 68.0 Å². The molecule has 2 aliphatic heterocycles. The molecule has 28 heteroatoms. The largest absolute Gasteiger partial charge is 0.460 e. The van der Waals surface area contributed by atoms with Crippen LogP contribution in [0.25, 0.3) is 43.4 Å². The van der Waals surface area contributed by atoms with Crippen molar-refractivity contribution in [3.05, 3.63) is 118 Å². The number of hydrogen-bond donors (Lipinski definition) is 7. The fourth-order valence-corrected chi connectivity index (χ4v) is 14.5. The lowest BCUT2D eigenvalue weighted by atomic mass is 10.0. The first-order chi connectivity index (χ1) is 39.3. The van der Waals surface area contributed by atoms with Crippen molar-refractivity contribution in [1.29, 1.82) is 0 Å². The van der Waals surface area contributed by atoms with Crippen LogP contribution in [0.3, 0.4) is 0 Å². The minimum absolute atomic E-state index is 0.0211. The minimum atomic E-state index is -1.38. The predicted octanol–water partition coefficient (Wildman–Crippen LogP) is 8.17. The predicted molar refractivity (Wildman–Crippen MR) is 312 cm³/mol. The number of nitrogens with one attached hydrogen (secondary N) is 4. The average molecular weight is 1220 g/mol. The van der Waals surface area contributed by atoms with Gasteiger partial charge in [0, 0.05) is 62.8 Å². The summed E-state index contributed by atoms with van der Waals surface area (Å²) in [6.07, 6.45) is -0.895. The zero-order valence-electron chi connectivity index (χ0n) is 44.7. The van der Waals surface area contributed by atoms with Crippen molar-refractivity contribution in [1.82, 2.24) is 61.1 Å². The molecule has 0 spiro atoms. The highest BCUT2D eigenvalue weighted by Gasteiger charge is 2.44. The summed E-state index contributed by atoms with van der Waals surface area (Å²) < 4.78 is 5.42. The van der Waals surface area contributed by atoms with E-state index in [0.717, 1.165) is 34.8 Å². The maximum Gasteiger partial charge on any atom is 0.325 e. The maximum absolute atomic E-state index is 14.3. The molecule has 2 aliphatic rings. The van der Waals surface area contributed by atoms with Gasteiger partial charge in [-0.05, 0) is 64.8 Å². The molecule has 426 valence electrons. The first-order valence-electron chi connectivity index (χ1n) is 25.9. The second kappa shape index (κ2) is 24.7. The summed E-state index contributed by atoms with van der Waals surface area (Å²) in [5.74, 6) is -3.68. The molecule has 1 fully saturated rings. The number of aliphatic hydroxyl groups excluding tert-OH is 2. The lowest BCUT2D eigenvalue weighted by Gasteiger charge is -2.24. The van der Waals surface area contributed by atoms with Crippen molar-refractivity contribution < 1.29 is 43.7 Å². The number of unbranched alkanes of at least 4 members (excludes halogenated alkanes) is 1. The van der Waals surface area contributed by atoms with Crippen LogP contribution < -0.4 is 27.0 Å². The number of imide groups is 1. The van der Waals surface area contributed by atoms with Gasteiger partial charge >= 0.3 is 12.0 Å². The van der Waals surface area contributed by atoms with Crippen LogP contribution in [0.1, 0.15) is 140 Å². The molecule has 7 aromatic heterocycles. The Bertz CT molecular complexity index is 3680. The van der Waals surface area contributed by atoms with Gasteiger partial charge in [0.05, 0.1) is 36.0 Å². The van der Waals surface area contributed by atoms with Gasteiger partial charge < -0.3 is 41.5 Å². The molecule has 9 heterocycles. The summed E-state index contributed by atoms with van der Waals surface area (Å²) in [4.78, 5) is 117. The zero-order chi connectivity index (χ0) is 58.0. The second-order valence-corrected chi connectivity index (χ2v) is 26.0. The van der Waals surface area contributed by atoms with Gasteiger partial charge in [0.15, 0.2) is 0 Å². The molecular weight excluding hydrogens is 1170 g/mol. The molecular formula is C54H55N13O9S6. The molecule has 0 aliphatic carbocycles. The SMILES string of the molecule is Cc1sc2nc1C(=O)N[C@@H]([C@H](O)c1ccccc1)c1nc(cs1)C(=O)NC(=O)N1C[C@H](O)[C@H](C)[C@H]1c1nc(cs1)-c1nc(cs1)-c1nc(-c3nc(CNCCCCC(=O)OC(C)(C)C)cs3)ccc1-c1nc(cs1)C(=O)N[C@H]2CC(N)=O. The van der Waals surface area contributed by atoms with E-state index in [1.807, 2.05) is 49.0 Å². The molecule has 0 radical (unpaired) electrons. The molecule has 10 rings (SSSR count). The van der Waals surface area contributed by atoms with Crippen LogP contribution in [0.2, 0.25) is 0 Å². The van der Waals surface area contributed by atoms with Crippen molar-refractivity contribution in [2.75, 3.05) is 13.1 Å². The van der Waals surface area contributed by atoms with Crippen LogP contribution in [-0.4, -0.2) is 110 Å². The number of amides is 6. The molecule has 1 aromatic carbocycles.